The number of rotatable bonds is 7. The van der Waals surface area contributed by atoms with E-state index in [0.717, 1.165) is 30.7 Å². The molecule has 0 radical (unpaired) electrons. The third kappa shape index (κ3) is 5.75. The number of alkyl halides is 3. The molecular weight excluding hydrogens is 485 g/mol. The molecule has 3 aromatic rings. The molecule has 1 atom stereocenters. The molecule has 194 valence electrons. The van der Waals surface area contributed by atoms with Crippen molar-refractivity contribution < 1.29 is 27.1 Å². The zero-order valence-electron chi connectivity index (χ0n) is 20.5. The van der Waals surface area contributed by atoms with E-state index in [1.54, 1.807) is 24.0 Å². The molecule has 2 N–H and O–H groups in total. The number of hydrogen-bond acceptors (Lipinski definition) is 6. The molecule has 1 aliphatic rings. The van der Waals surface area contributed by atoms with Crippen LogP contribution < -0.4 is 5.73 Å². The smallest absolute Gasteiger partial charge is 0.433 e. The topological polar surface area (TPSA) is 94.5 Å². The first kappa shape index (κ1) is 26.2. The number of oxazole rings is 1. The summed E-state index contributed by atoms with van der Waals surface area (Å²) >= 11 is 0. The number of ether oxygens (including phenoxy) is 1. The molecule has 0 aliphatic carbocycles. The highest BCUT2D eigenvalue weighted by molar-refractivity contribution is 5.94. The summed E-state index contributed by atoms with van der Waals surface area (Å²) in [5.74, 6) is 0.468. The number of benzene rings is 1. The molecule has 0 saturated carbocycles. The van der Waals surface area contributed by atoms with Gasteiger partial charge in [-0.05, 0) is 43.5 Å². The van der Waals surface area contributed by atoms with E-state index in [1.165, 1.54) is 13.2 Å². The number of hydrogen-bond donors (Lipinski definition) is 1. The van der Waals surface area contributed by atoms with Crippen LogP contribution in [0.3, 0.4) is 0 Å². The maximum Gasteiger partial charge on any atom is 0.433 e. The van der Waals surface area contributed by atoms with Gasteiger partial charge in [-0.25, -0.2) is 4.98 Å². The second kappa shape index (κ2) is 11.0. The predicted molar refractivity (Wildman–Crippen MR) is 131 cm³/mol. The van der Waals surface area contributed by atoms with Gasteiger partial charge in [0.1, 0.15) is 5.69 Å². The Morgan fingerprint density at radius 3 is 2.59 bits per heavy atom. The fourth-order valence-electron chi connectivity index (χ4n) is 4.22. The average Bonchev–Trinajstić information content (AvgIpc) is 3.56. The Labute approximate surface area is 212 Å². The van der Waals surface area contributed by atoms with Gasteiger partial charge >= 0.3 is 6.18 Å². The summed E-state index contributed by atoms with van der Waals surface area (Å²) in [6, 6.07) is 11.8. The number of aromatic nitrogens is 2. The molecule has 1 saturated heterocycles. The first-order valence-electron chi connectivity index (χ1n) is 11.7. The lowest BCUT2D eigenvalue weighted by molar-refractivity contribution is -0.141. The molecule has 2 aromatic heterocycles. The van der Waals surface area contributed by atoms with Crippen LogP contribution in [-0.4, -0.2) is 34.4 Å². The summed E-state index contributed by atoms with van der Waals surface area (Å²) in [6.07, 6.45) is 1.39. The summed E-state index contributed by atoms with van der Waals surface area (Å²) < 4.78 is 50.2. The monoisotopic (exact) mass is 512 g/mol. The van der Waals surface area contributed by atoms with Crippen LogP contribution in [0.2, 0.25) is 0 Å². The standard InChI is InChI=1S/C27H27F3N4O3/c1-17(36-2)10-12-20(19-11-13-23(32-16-19)27(28,29)30)25-33-24(22(15-31)37-25)26(35)34-14-6-9-21(34)18-7-4-3-5-8-18/h3-5,7-8,10-13,16,21H,6,9,14-15,31H2,1-2H3/b17-10+,20-12+/t21-/m1/s1. The molecule has 0 unspecified atom stereocenters. The van der Waals surface area contributed by atoms with Crippen molar-refractivity contribution in [2.75, 3.05) is 13.7 Å². The minimum Gasteiger partial charge on any atom is -0.501 e. The number of nitrogens with zero attached hydrogens (tertiary/aromatic N) is 3. The number of pyridine rings is 1. The van der Waals surface area contributed by atoms with Gasteiger partial charge in [-0.15, -0.1) is 0 Å². The third-order valence-electron chi connectivity index (χ3n) is 6.19. The van der Waals surface area contributed by atoms with Crippen molar-refractivity contribution in [3.8, 4) is 0 Å². The normalized spacial score (nSPS) is 16.8. The molecule has 3 heterocycles. The Kier molecular flexibility index (Phi) is 7.77. The molecule has 7 nitrogen and oxygen atoms in total. The van der Waals surface area contributed by atoms with Crippen LogP contribution in [0, 0.1) is 0 Å². The lowest BCUT2D eigenvalue weighted by Crippen LogP contribution is -2.31. The summed E-state index contributed by atoms with van der Waals surface area (Å²) in [5, 5.41) is 0. The quantitative estimate of drug-likeness (QED) is 0.332. The van der Waals surface area contributed by atoms with Crippen molar-refractivity contribution in [3.63, 3.8) is 0 Å². The fourth-order valence-corrected chi connectivity index (χ4v) is 4.22. The third-order valence-corrected chi connectivity index (χ3v) is 6.19. The van der Waals surface area contributed by atoms with Gasteiger partial charge in [-0.1, -0.05) is 36.4 Å². The molecule has 4 rings (SSSR count). The number of halogens is 3. The Balaban J connectivity index is 1.73. The molecule has 1 aromatic carbocycles. The second-order valence-electron chi connectivity index (χ2n) is 8.55. The predicted octanol–water partition coefficient (Wildman–Crippen LogP) is 5.51. The van der Waals surface area contributed by atoms with E-state index >= 15 is 0 Å². The molecule has 37 heavy (non-hydrogen) atoms. The largest absolute Gasteiger partial charge is 0.501 e. The van der Waals surface area contributed by atoms with E-state index in [9.17, 15) is 18.0 Å². The maximum atomic E-state index is 13.6. The maximum absolute atomic E-state index is 13.6. The van der Waals surface area contributed by atoms with Crippen molar-refractivity contribution >= 4 is 11.5 Å². The highest BCUT2D eigenvalue weighted by Crippen LogP contribution is 2.35. The SMILES string of the molecule is CO/C(C)=C/C=C(\c1ccc(C(F)(F)F)nc1)c1nc(C(=O)N2CCC[C@@H]2c2ccccc2)c(CN)o1. The molecule has 1 fully saturated rings. The summed E-state index contributed by atoms with van der Waals surface area (Å²) in [6.45, 7) is 2.20. The van der Waals surface area contributed by atoms with Gasteiger partial charge in [0.2, 0.25) is 5.89 Å². The van der Waals surface area contributed by atoms with Crippen LogP contribution >= 0.6 is 0 Å². The second-order valence-corrected chi connectivity index (χ2v) is 8.55. The highest BCUT2D eigenvalue weighted by atomic mass is 19.4. The number of nitrogens with two attached hydrogens (primary N) is 1. The Morgan fingerprint density at radius 2 is 1.97 bits per heavy atom. The molecule has 10 heteroatoms. The molecule has 0 spiro atoms. The van der Waals surface area contributed by atoms with Gasteiger partial charge in [0.15, 0.2) is 11.5 Å². The Hall–Kier alpha value is -3.92. The highest BCUT2D eigenvalue weighted by Gasteiger charge is 2.35. The van der Waals surface area contributed by atoms with Gasteiger partial charge in [0.05, 0.1) is 25.5 Å². The number of amides is 1. The number of allylic oxidation sites excluding steroid dienone is 3. The van der Waals surface area contributed by atoms with E-state index in [-0.39, 0.29) is 35.8 Å². The van der Waals surface area contributed by atoms with Gasteiger partial charge in [0.25, 0.3) is 5.91 Å². The average molecular weight is 513 g/mol. The summed E-state index contributed by atoms with van der Waals surface area (Å²) in [7, 11) is 1.49. The molecular formula is C27H27F3N4O3. The lowest BCUT2D eigenvalue weighted by Gasteiger charge is -2.24. The minimum absolute atomic E-state index is 0.0426. The Bertz CT molecular complexity index is 1300. The molecule has 1 amide bonds. The summed E-state index contributed by atoms with van der Waals surface area (Å²) in [5.41, 5.74) is 6.64. The van der Waals surface area contributed by atoms with E-state index in [1.807, 2.05) is 30.3 Å². The van der Waals surface area contributed by atoms with Gasteiger partial charge < -0.3 is 19.8 Å². The van der Waals surface area contributed by atoms with E-state index < -0.39 is 11.9 Å². The Morgan fingerprint density at radius 1 is 1.22 bits per heavy atom. The number of methoxy groups -OCH3 is 1. The number of likely N-dealkylation sites (tertiary alicyclic amines) is 1. The number of carbonyl (C=O) groups excluding carboxylic acids is 1. The van der Waals surface area contributed by atoms with Crippen LogP contribution in [-0.2, 0) is 17.5 Å². The first-order chi connectivity index (χ1) is 17.7. The van der Waals surface area contributed by atoms with Crippen LogP contribution in [0.5, 0.6) is 0 Å². The van der Waals surface area contributed by atoms with Crippen molar-refractivity contribution in [2.45, 2.75) is 38.5 Å². The fraction of sp³-hybridized carbons (Fsp3) is 0.296. The van der Waals surface area contributed by atoms with Crippen molar-refractivity contribution in [2.24, 2.45) is 5.73 Å². The van der Waals surface area contributed by atoms with Gasteiger partial charge in [0, 0.05) is 23.9 Å². The zero-order valence-corrected chi connectivity index (χ0v) is 20.5. The van der Waals surface area contributed by atoms with Gasteiger partial charge in [-0.2, -0.15) is 13.2 Å². The van der Waals surface area contributed by atoms with Crippen molar-refractivity contribution in [3.05, 3.63) is 101 Å². The van der Waals surface area contributed by atoms with E-state index in [0.29, 0.717) is 23.4 Å². The summed E-state index contributed by atoms with van der Waals surface area (Å²) in [4.78, 5) is 23.4. The zero-order chi connectivity index (χ0) is 26.6. The molecule has 1 aliphatic heterocycles. The minimum atomic E-state index is -4.57. The van der Waals surface area contributed by atoms with Crippen LogP contribution in [0.1, 0.15) is 64.8 Å². The molecule has 0 bridgehead atoms. The van der Waals surface area contributed by atoms with Crippen LogP contribution in [0.25, 0.3) is 5.57 Å². The number of carbonyl (C=O) groups is 1. The lowest BCUT2D eigenvalue weighted by atomic mass is 10.0. The van der Waals surface area contributed by atoms with Crippen molar-refractivity contribution in [1.82, 2.24) is 14.9 Å². The van der Waals surface area contributed by atoms with Crippen molar-refractivity contribution in [1.29, 1.82) is 0 Å². The van der Waals surface area contributed by atoms with Crippen LogP contribution in [0.15, 0.2) is 71.0 Å². The van der Waals surface area contributed by atoms with E-state index in [4.69, 9.17) is 14.9 Å². The van der Waals surface area contributed by atoms with Crippen LogP contribution in [0.4, 0.5) is 13.2 Å². The van der Waals surface area contributed by atoms with Gasteiger partial charge in [-0.3, -0.25) is 9.78 Å². The van der Waals surface area contributed by atoms with E-state index in [2.05, 4.69) is 9.97 Å². The first-order valence-corrected chi connectivity index (χ1v) is 11.7.